The van der Waals surface area contributed by atoms with E-state index in [0.29, 0.717) is 5.82 Å². The summed E-state index contributed by atoms with van der Waals surface area (Å²) in [4.78, 5) is 12.2. The van der Waals surface area contributed by atoms with Crippen LogP contribution in [0.25, 0.3) is 171 Å². The van der Waals surface area contributed by atoms with Crippen molar-refractivity contribution < 1.29 is 9.47 Å². The maximum atomic E-state index is 6.18. The van der Waals surface area contributed by atoms with Gasteiger partial charge in [0.1, 0.15) is 11.5 Å². The van der Waals surface area contributed by atoms with Crippen LogP contribution in [0.1, 0.15) is 0 Å². The van der Waals surface area contributed by atoms with E-state index in [4.69, 9.17) is 19.4 Å². The standard InChI is InChI=1S/C84H55N7O2/c1-92-54-45-47-76-64(49-54)65-50-55(93-2)46-48-77(65)91(76)83-81(89-72-41-21-13-33-60(72)61-34-14-22-42-73(61)89)79(87-68-37-17-9-29-56(68)57-30-10-18-38-69(57)87)78(84-85-66(52-25-5-3-6-26-52)51-67(86-84)53-27-7-4-8-28-53)80(88-70-39-19-11-31-58(70)59-32-12-20-40-71(59)88)82(83)90-74-43-23-15-35-62(74)63-36-16-24-44-75(63)90/h3-51H,1-2H3. The van der Waals surface area contributed by atoms with Crippen molar-refractivity contribution in [1.29, 1.82) is 0 Å². The smallest absolute Gasteiger partial charge is 0.164 e. The Morgan fingerprint density at radius 3 is 0.742 bits per heavy atom. The average molecular weight is 1190 g/mol. The summed E-state index contributed by atoms with van der Waals surface area (Å²) in [5, 5.41) is 10.9. The zero-order chi connectivity index (χ0) is 61.4. The fourth-order valence-corrected chi connectivity index (χ4v) is 15.2. The molecule has 0 saturated carbocycles. The molecule has 93 heavy (non-hydrogen) atoms. The molecule has 0 bridgehead atoms. The van der Waals surface area contributed by atoms with Crippen LogP contribution in [0, 0.1) is 0 Å². The van der Waals surface area contributed by atoms with Crippen molar-refractivity contribution >= 4 is 109 Å². The highest BCUT2D eigenvalue weighted by Crippen LogP contribution is 2.54. The molecule has 9 nitrogen and oxygen atoms in total. The van der Waals surface area contributed by atoms with Crippen LogP contribution in [-0.2, 0) is 0 Å². The van der Waals surface area contributed by atoms with E-state index in [1.54, 1.807) is 14.2 Å². The highest BCUT2D eigenvalue weighted by Gasteiger charge is 2.38. The lowest BCUT2D eigenvalue weighted by Gasteiger charge is -2.31. The highest BCUT2D eigenvalue weighted by atomic mass is 16.5. The minimum atomic E-state index is 0.538. The predicted octanol–water partition coefficient (Wildman–Crippen LogP) is 21.0. The SMILES string of the molecule is COc1ccc2c(c1)c1cc(OC)ccc1n2-c1c(-n2c3ccccc3c3ccccc32)c(-n2c3ccccc3c3ccccc32)c(-c2nc(-c3ccccc3)cc(-c3ccccc3)n2)c(-n2c3ccccc3c3ccccc32)c1-n1c2ccccc2c2ccccc21. The van der Waals surface area contributed by atoms with Gasteiger partial charge in [-0.1, -0.05) is 206 Å². The average Bonchev–Trinajstić information content (AvgIpc) is 1.61. The van der Waals surface area contributed by atoms with Crippen molar-refractivity contribution in [3.63, 3.8) is 0 Å². The summed E-state index contributed by atoms with van der Waals surface area (Å²) in [6, 6.07) is 107. The summed E-state index contributed by atoms with van der Waals surface area (Å²) < 4.78 is 25.1. The van der Waals surface area contributed by atoms with Gasteiger partial charge in [0, 0.05) is 65.0 Å². The van der Waals surface area contributed by atoms with Crippen LogP contribution in [0.5, 0.6) is 11.5 Å². The third-order valence-corrected chi connectivity index (χ3v) is 19.1. The molecule has 0 N–H and O–H groups in total. The molecule has 9 heteroatoms. The minimum Gasteiger partial charge on any atom is -0.497 e. The van der Waals surface area contributed by atoms with Crippen molar-refractivity contribution in [2.45, 2.75) is 0 Å². The van der Waals surface area contributed by atoms with Gasteiger partial charge in [-0.2, -0.15) is 0 Å². The molecule has 0 spiro atoms. The van der Waals surface area contributed by atoms with Crippen LogP contribution < -0.4 is 9.47 Å². The molecular formula is C84H55N7O2. The molecule has 0 saturated heterocycles. The number of rotatable bonds is 10. The Bertz CT molecular complexity index is 5700. The molecule has 6 aromatic heterocycles. The van der Waals surface area contributed by atoms with Crippen molar-refractivity contribution in [2.75, 3.05) is 14.2 Å². The van der Waals surface area contributed by atoms with Crippen LogP contribution in [0.15, 0.2) is 297 Å². The van der Waals surface area contributed by atoms with Gasteiger partial charge >= 0.3 is 0 Å². The van der Waals surface area contributed by atoms with Crippen molar-refractivity contribution in [3.8, 4) is 73.8 Å². The zero-order valence-electron chi connectivity index (χ0n) is 50.7. The number of benzene rings is 13. The van der Waals surface area contributed by atoms with E-state index in [0.717, 1.165) is 177 Å². The summed E-state index contributed by atoms with van der Waals surface area (Å²) in [7, 11) is 3.49. The first-order valence-corrected chi connectivity index (χ1v) is 31.5. The Kier molecular flexibility index (Phi) is 11.6. The first-order valence-electron chi connectivity index (χ1n) is 31.5. The third kappa shape index (κ3) is 7.68. The molecule has 0 unspecified atom stereocenters. The van der Waals surface area contributed by atoms with Gasteiger partial charge in [0.25, 0.3) is 0 Å². The molecule has 19 rings (SSSR count). The van der Waals surface area contributed by atoms with Gasteiger partial charge in [-0.3, -0.25) is 0 Å². The quantitative estimate of drug-likeness (QED) is 0.137. The number of hydrogen-bond donors (Lipinski definition) is 0. The van der Waals surface area contributed by atoms with Crippen LogP contribution in [0.4, 0.5) is 0 Å². The summed E-state index contributed by atoms with van der Waals surface area (Å²) >= 11 is 0. The Morgan fingerprint density at radius 2 is 0.462 bits per heavy atom. The van der Waals surface area contributed by atoms with Crippen LogP contribution >= 0.6 is 0 Å². The van der Waals surface area contributed by atoms with Crippen molar-refractivity contribution in [2.24, 2.45) is 0 Å². The first kappa shape index (κ1) is 52.5. The van der Waals surface area contributed by atoms with Crippen molar-refractivity contribution in [1.82, 2.24) is 32.8 Å². The lowest BCUT2D eigenvalue weighted by Crippen LogP contribution is -2.19. The lowest BCUT2D eigenvalue weighted by atomic mass is 9.98. The van der Waals surface area contributed by atoms with Gasteiger partial charge < -0.3 is 32.3 Å². The molecule has 0 fully saturated rings. The Labute approximate surface area is 533 Å². The topological polar surface area (TPSA) is 68.9 Å². The molecule has 0 aliphatic heterocycles. The number of methoxy groups -OCH3 is 2. The molecule has 19 aromatic rings. The normalized spacial score (nSPS) is 12.0. The van der Waals surface area contributed by atoms with E-state index >= 15 is 0 Å². The number of nitrogens with zero attached hydrogens (tertiary/aromatic N) is 7. The summed E-state index contributed by atoms with van der Waals surface area (Å²) in [6.45, 7) is 0. The molecule has 13 aromatic carbocycles. The Hall–Kier alpha value is -12.5. The van der Waals surface area contributed by atoms with E-state index in [1.165, 1.54) is 0 Å². The number of fused-ring (bicyclic) bond motifs is 15. The summed E-state index contributed by atoms with van der Waals surface area (Å²) in [6.07, 6.45) is 0. The summed E-state index contributed by atoms with van der Waals surface area (Å²) in [5.74, 6) is 2.02. The minimum absolute atomic E-state index is 0.538. The van der Waals surface area contributed by atoms with Crippen molar-refractivity contribution in [3.05, 3.63) is 297 Å². The second-order valence-corrected chi connectivity index (χ2v) is 23.9. The monoisotopic (exact) mass is 1190 g/mol. The largest absolute Gasteiger partial charge is 0.497 e. The van der Waals surface area contributed by atoms with Crippen LogP contribution in [0.3, 0.4) is 0 Å². The zero-order valence-corrected chi connectivity index (χ0v) is 50.7. The summed E-state index contributed by atoms with van der Waals surface area (Å²) in [5.41, 5.74) is 18.9. The van der Waals surface area contributed by atoms with Gasteiger partial charge in [-0.15, -0.1) is 0 Å². The van der Waals surface area contributed by atoms with E-state index in [2.05, 4.69) is 320 Å². The van der Waals surface area contributed by atoms with Crippen LogP contribution in [-0.4, -0.2) is 47.0 Å². The van der Waals surface area contributed by atoms with E-state index < -0.39 is 0 Å². The number of ether oxygens (including phenoxy) is 2. The number of aromatic nitrogens is 7. The molecule has 6 heterocycles. The fraction of sp³-hybridized carbons (Fsp3) is 0.0238. The molecule has 438 valence electrons. The van der Waals surface area contributed by atoms with E-state index in [9.17, 15) is 0 Å². The van der Waals surface area contributed by atoms with Gasteiger partial charge in [-0.25, -0.2) is 9.97 Å². The number of para-hydroxylation sites is 8. The van der Waals surface area contributed by atoms with Gasteiger partial charge in [0.2, 0.25) is 0 Å². The second-order valence-electron chi connectivity index (χ2n) is 23.9. The van der Waals surface area contributed by atoms with Gasteiger partial charge in [0.15, 0.2) is 5.82 Å². The Balaban J connectivity index is 1.21. The predicted molar refractivity (Wildman–Crippen MR) is 383 cm³/mol. The lowest BCUT2D eigenvalue weighted by molar-refractivity contribution is 0.415. The van der Waals surface area contributed by atoms with Gasteiger partial charge in [0.05, 0.1) is 115 Å². The highest BCUT2D eigenvalue weighted by molar-refractivity contribution is 6.19. The molecule has 0 aliphatic rings. The fourth-order valence-electron chi connectivity index (χ4n) is 15.2. The molecule has 0 aliphatic carbocycles. The molecular weight excluding hydrogens is 1140 g/mol. The third-order valence-electron chi connectivity index (χ3n) is 19.1. The van der Waals surface area contributed by atoms with Crippen LogP contribution in [0.2, 0.25) is 0 Å². The maximum Gasteiger partial charge on any atom is 0.164 e. The van der Waals surface area contributed by atoms with E-state index in [-0.39, 0.29) is 0 Å². The Morgan fingerprint density at radius 1 is 0.226 bits per heavy atom. The molecule has 0 atom stereocenters. The van der Waals surface area contributed by atoms with Gasteiger partial charge in [-0.05, 0) is 91.0 Å². The molecule has 0 amide bonds. The van der Waals surface area contributed by atoms with E-state index in [1.807, 2.05) is 0 Å². The maximum absolute atomic E-state index is 6.18. The molecule has 0 radical (unpaired) electrons. The first-order chi connectivity index (χ1) is 46.1. The number of hydrogen-bond acceptors (Lipinski definition) is 4. The second kappa shape index (κ2) is 20.5.